The Kier molecular flexibility index (Phi) is 6.98. The standard InChI is InChI=1S/C21H29FN6O3/c1-25-18(23)17(22)19(24)27-9-3-7-15(12-27)28-10-4-8-16(20(28)29)26-14-6-2-5-13(11-14)21(30)31/h2,5-6,11,15-16,26H,3-4,7-10,12,24H2,1H3,(H2,23,25)(H,30,31)/t15-,16?/m1/s1. The van der Waals surface area contributed by atoms with Crippen LogP contribution in [0, 0.1) is 0 Å². The number of hydrogen-bond acceptors (Lipinski definition) is 6. The molecular formula is C21H29FN6O3. The molecule has 0 radical (unpaired) electrons. The predicted octanol–water partition coefficient (Wildman–Crippen LogP) is 1.34. The molecule has 2 atom stereocenters. The highest BCUT2D eigenvalue weighted by Gasteiger charge is 2.36. The number of rotatable bonds is 6. The first-order valence-corrected chi connectivity index (χ1v) is 10.3. The predicted molar refractivity (Wildman–Crippen MR) is 116 cm³/mol. The molecule has 168 valence electrons. The molecule has 1 aromatic rings. The van der Waals surface area contributed by atoms with Gasteiger partial charge in [-0.3, -0.25) is 9.79 Å². The second-order valence-electron chi connectivity index (χ2n) is 7.81. The van der Waals surface area contributed by atoms with Gasteiger partial charge in [0.25, 0.3) is 0 Å². The van der Waals surface area contributed by atoms with E-state index in [1.165, 1.54) is 19.2 Å². The van der Waals surface area contributed by atoms with E-state index in [-0.39, 0.29) is 29.2 Å². The van der Waals surface area contributed by atoms with Crippen molar-refractivity contribution < 1.29 is 19.1 Å². The quantitative estimate of drug-likeness (QED) is 0.393. The van der Waals surface area contributed by atoms with Crippen LogP contribution in [-0.2, 0) is 4.79 Å². The van der Waals surface area contributed by atoms with E-state index in [1.54, 1.807) is 17.0 Å². The zero-order valence-corrected chi connectivity index (χ0v) is 17.6. The lowest BCUT2D eigenvalue weighted by Gasteiger charge is -2.43. The molecule has 1 unspecified atom stereocenters. The van der Waals surface area contributed by atoms with Crippen molar-refractivity contribution in [3.05, 3.63) is 41.5 Å². The Bertz CT molecular complexity index is 903. The van der Waals surface area contributed by atoms with E-state index in [4.69, 9.17) is 11.5 Å². The van der Waals surface area contributed by atoms with E-state index in [0.29, 0.717) is 31.7 Å². The first kappa shape index (κ1) is 22.4. The number of aliphatic imine (C=N–C) groups is 1. The van der Waals surface area contributed by atoms with E-state index >= 15 is 0 Å². The van der Waals surface area contributed by atoms with E-state index < -0.39 is 17.8 Å². The third-order valence-electron chi connectivity index (χ3n) is 5.79. The molecule has 0 spiro atoms. The number of amidine groups is 1. The van der Waals surface area contributed by atoms with Crippen molar-refractivity contribution in [2.75, 3.05) is 32.0 Å². The summed E-state index contributed by atoms with van der Waals surface area (Å²) in [5.41, 5.74) is 12.3. The highest BCUT2D eigenvalue weighted by molar-refractivity contribution is 5.95. The first-order chi connectivity index (χ1) is 14.8. The third-order valence-corrected chi connectivity index (χ3v) is 5.79. The molecule has 2 aliphatic rings. The number of likely N-dealkylation sites (tertiary alicyclic amines) is 2. The molecular weight excluding hydrogens is 403 g/mol. The molecule has 3 rings (SSSR count). The van der Waals surface area contributed by atoms with E-state index in [1.807, 2.05) is 4.90 Å². The number of nitrogens with one attached hydrogen (secondary N) is 1. The monoisotopic (exact) mass is 432 g/mol. The summed E-state index contributed by atoms with van der Waals surface area (Å²) in [6.45, 7) is 1.62. The molecule has 0 aromatic heterocycles. The minimum absolute atomic E-state index is 0.0449. The largest absolute Gasteiger partial charge is 0.478 e. The van der Waals surface area contributed by atoms with Gasteiger partial charge < -0.3 is 31.7 Å². The van der Waals surface area contributed by atoms with Crippen molar-refractivity contribution in [1.82, 2.24) is 9.80 Å². The van der Waals surface area contributed by atoms with Gasteiger partial charge >= 0.3 is 5.97 Å². The second kappa shape index (κ2) is 9.67. The van der Waals surface area contributed by atoms with Gasteiger partial charge in [-0.05, 0) is 43.9 Å². The number of carbonyl (C=O) groups excluding carboxylic acids is 1. The fraction of sp³-hybridized carbons (Fsp3) is 0.476. The average molecular weight is 433 g/mol. The molecule has 10 heteroatoms. The van der Waals surface area contributed by atoms with Crippen LogP contribution >= 0.6 is 0 Å². The molecule has 31 heavy (non-hydrogen) atoms. The zero-order chi connectivity index (χ0) is 22.5. The lowest BCUT2D eigenvalue weighted by molar-refractivity contribution is -0.137. The maximum atomic E-state index is 14.3. The van der Waals surface area contributed by atoms with E-state index in [0.717, 1.165) is 19.3 Å². The van der Waals surface area contributed by atoms with E-state index in [9.17, 15) is 19.1 Å². The Morgan fingerprint density at radius 1 is 1.26 bits per heavy atom. The van der Waals surface area contributed by atoms with Crippen molar-refractivity contribution in [2.45, 2.75) is 37.8 Å². The summed E-state index contributed by atoms with van der Waals surface area (Å²) in [7, 11) is 1.40. The number of nitrogens with two attached hydrogens (primary N) is 2. The van der Waals surface area contributed by atoms with E-state index in [2.05, 4.69) is 10.3 Å². The fourth-order valence-electron chi connectivity index (χ4n) is 4.14. The normalized spacial score (nSPS) is 23.4. The van der Waals surface area contributed by atoms with Crippen LogP contribution in [0.2, 0.25) is 0 Å². The molecule has 0 saturated carbocycles. The van der Waals surface area contributed by atoms with Crippen LogP contribution < -0.4 is 16.8 Å². The summed E-state index contributed by atoms with van der Waals surface area (Å²) in [6, 6.07) is 5.87. The molecule has 2 aliphatic heterocycles. The number of nitrogens with zero attached hydrogens (tertiary/aromatic N) is 3. The number of hydrogen-bond donors (Lipinski definition) is 4. The molecule has 0 bridgehead atoms. The Morgan fingerprint density at radius 3 is 2.71 bits per heavy atom. The van der Waals surface area contributed by atoms with Crippen LogP contribution in [0.25, 0.3) is 0 Å². The van der Waals surface area contributed by atoms with Gasteiger partial charge in [0.1, 0.15) is 11.9 Å². The summed E-state index contributed by atoms with van der Waals surface area (Å²) in [5, 5.41) is 12.3. The molecule has 2 heterocycles. The van der Waals surface area contributed by atoms with Gasteiger partial charge in [0.2, 0.25) is 11.7 Å². The fourth-order valence-corrected chi connectivity index (χ4v) is 4.14. The smallest absolute Gasteiger partial charge is 0.335 e. The number of benzene rings is 1. The number of piperidine rings is 2. The van der Waals surface area contributed by atoms with Crippen molar-refractivity contribution in [3.8, 4) is 0 Å². The summed E-state index contributed by atoms with van der Waals surface area (Å²) < 4.78 is 14.3. The van der Waals surface area contributed by atoms with Crippen LogP contribution in [-0.4, -0.2) is 71.4 Å². The number of carboxylic acid groups (broad SMARTS) is 1. The third kappa shape index (κ3) is 5.07. The van der Waals surface area contributed by atoms with Gasteiger partial charge in [-0.15, -0.1) is 0 Å². The zero-order valence-electron chi connectivity index (χ0n) is 17.6. The Balaban J connectivity index is 1.71. The van der Waals surface area contributed by atoms with Crippen LogP contribution in [0.1, 0.15) is 36.0 Å². The van der Waals surface area contributed by atoms with Gasteiger partial charge in [0.05, 0.1) is 5.56 Å². The Hall–Kier alpha value is -3.30. The first-order valence-electron chi connectivity index (χ1n) is 10.3. The summed E-state index contributed by atoms with van der Waals surface area (Å²) in [4.78, 5) is 31.6. The van der Waals surface area contributed by atoms with Crippen LogP contribution in [0.3, 0.4) is 0 Å². The van der Waals surface area contributed by atoms with Crippen LogP contribution in [0.15, 0.2) is 40.9 Å². The van der Waals surface area contributed by atoms with Gasteiger partial charge in [-0.25, -0.2) is 4.79 Å². The number of aromatic carboxylic acids is 1. The highest BCUT2D eigenvalue weighted by Crippen LogP contribution is 2.25. The molecule has 6 N–H and O–H groups in total. The van der Waals surface area contributed by atoms with Crippen molar-refractivity contribution in [2.24, 2.45) is 16.5 Å². The number of amides is 1. The number of carboxylic acids is 1. The maximum Gasteiger partial charge on any atom is 0.335 e. The average Bonchev–Trinajstić information content (AvgIpc) is 2.79. The van der Waals surface area contributed by atoms with Gasteiger partial charge in [-0.1, -0.05) is 6.07 Å². The van der Waals surface area contributed by atoms with Crippen LogP contribution in [0.4, 0.5) is 10.1 Å². The number of halogens is 1. The summed E-state index contributed by atoms with van der Waals surface area (Å²) >= 11 is 0. The highest BCUT2D eigenvalue weighted by atomic mass is 19.1. The van der Waals surface area contributed by atoms with Crippen LogP contribution in [0.5, 0.6) is 0 Å². The molecule has 1 aromatic carbocycles. The Labute approximate surface area is 180 Å². The van der Waals surface area contributed by atoms with Crippen molar-refractivity contribution in [1.29, 1.82) is 0 Å². The molecule has 0 aliphatic carbocycles. The number of anilines is 1. The minimum atomic E-state index is -1.02. The maximum absolute atomic E-state index is 14.3. The van der Waals surface area contributed by atoms with Gasteiger partial charge in [0, 0.05) is 38.4 Å². The second-order valence-corrected chi connectivity index (χ2v) is 7.81. The molecule has 2 saturated heterocycles. The van der Waals surface area contributed by atoms with Gasteiger partial charge in [-0.2, -0.15) is 4.39 Å². The Morgan fingerprint density at radius 2 is 2.00 bits per heavy atom. The minimum Gasteiger partial charge on any atom is -0.478 e. The van der Waals surface area contributed by atoms with Crippen molar-refractivity contribution in [3.63, 3.8) is 0 Å². The SMILES string of the molecule is CN=C(N)C(F)=C(N)N1CCC[C@@H](N2CCCC(Nc3cccc(C(=O)O)c3)C2=O)C1. The lowest BCUT2D eigenvalue weighted by atomic mass is 9.97. The van der Waals surface area contributed by atoms with Crippen molar-refractivity contribution >= 4 is 23.4 Å². The molecule has 2 fully saturated rings. The summed E-state index contributed by atoms with van der Waals surface area (Å²) in [5.74, 6) is -2.12. The topological polar surface area (TPSA) is 137 Å². The molecule has 1 amide bonds. The lowest BCUT2D eigenvalue weighted by Crippen LogP contribution is -2.56. The summed E-state index contributed by atoms with van der Waals surface area (Å²) in [6.07, 6.45) is 3.04. The number of carbonyl (C=O) groups is 2. The molecule has 9 nitrogen and oxygen atoms in total. The van der Waals surface area contributed by atoms with Gasteiger partial charge in [0.15, 0.2) is 5.84 Å².